The van der Waals surface area contributed by atoms with Gasteiger partial charge in [0.05, 0.1) is 13.2 Å². The van der Waals surface area contributed by atoms with Gasteiger partial charge in [0.15, 0.2) is 11.3 Å². The summed E-state index contributed by atoms with van der Waals surface area (Å²) in [5.41, 5.74) is 0.728. The number of para-hydroxylation sites is 1. The Morgan fingerprint density at radius 2 is 2.25 bits per heavy atom. The predicted molar refractivity (Wildman–Crippen MR) is 76.6 cm³/mol. The number of hydrogen-bond acceptors (Lipinski definition) is 3. The van der Waals surface area contributed by atoms with Crippen molar-refractivity contribution in [2.24, 2.45) is 11.8 Å². The molecule has 1 saturated carbocycles. The molecular formula is C16H19NO3. The van der Waals surface area contributed by atoms with Crippen LogP contribution in [0.2, 0.25) is 0 Å². The van der Waals surface area contributed by atoms with E-state index in [1.807, 2.05) is 31.2 Å². The van der Waals surface area contributed by atoms with Crippen molar-refractivity contribution in [3.63, 3.8) is 0 Å². The molecule has 0 aliphatic heterocycles. The number of carbonyl (C=O) groups excluding carboxylic acids is 1. The average Bonchev–Trinajstić information content (AvgIpc) is 3.01. The maximum atomic E-state index is 12.0. The molecule has 1 aliphatic rings. The van der Waals surface area contributed by atoms with Crippen LogP contribution in [0.3, 0.4) is 0 Å². The number of fused-ring (bicyclic) bond motifs is 1. The third-order valence-corrected chi connectivity index (χ3v) is 3.98. The van der Waals surface area contributed by atoms with E-state index in [1.165, 1.54) is 0 Å². The monoisotopic (exact) mass is 273 g/mol. The van der Waals surface area contributed by atoms with Crippen molar-refractivity contribution in [3.8, 4) is 5.75 Å². The molecule has 0 unspecified atom stereocenters. The SMILES string of the molecule is COc1cccc2cc([C@H](C)NC(=O)[C@H]3C[C@@H]3C)oc12. The molecule has 3 atom stereocenters. The summed E-state index contributed by atoms with van der Waals surface area (Å²) < 4.78 is 11.1. The van der Waals surface area contributed by atoms with E-state index in [-0.39, 0.29) is 17.9 Å². The van der Waals surface area contributed by atoms with E-state index < -0.39 is 0 Å². The lowest BCUT2D eigenvalue weighted by Crippen LogP contribution is -2.28. The second-order valence-electron chi connectivity index (χ2n) is 5.58. The zero-order chi connectivity index (χ0) is 14.3. The third-order valence-electron chi connectivity index (χ3n) is 3.98. The molecule has 0 radical (unpaired) electrons. The van der Waals surface area contributed by atoms with Crippen LogP contribution < -0.4 is 10.1 Å². The van der Waals surface area contributed by atoms with E-state index >= 15 is 0 Å². The fourth-order valence-electron chi connectivity index (χ4n) is 2.51. The zero-order valence-electron chi connectivity index (χ0n) is 12.0. The molecule has 0 saturated heterocycles. The summed E-state index contributed by atoms with van der Waals surface area (Å²) in [5.74, 6) is 2.28. The maximum absolute atomic E-state index is 12.0. The van der Waals surface area contributed by atoms with Crippen LogP contribution in [0.25, 0.3) is 11.0 Å². The number of carbonyl (C=O) groups is 1. The van der Waals surface area contributed by atoms with Gasteiger partial charge in [0.25, 0.3) is 0 Å². The van der Waals surface area contributed by atoms with Crippen LogP contribution in [0.4, 0.5) is 0 Å². The van der Waals surface area contributed by atoms with Gasteiger partial charge in [-0.05, 0) is 31.4 Å². The topological polar surface area (TPSA) is 51.5 Å². The molecule has 1 aromatic carbocycles. The number of benzene rings is 1. The van der Waals surface area contributed by atoms with Gasteiger partial charge in [0, 0.05) is 11.3 Å². The van der Waals surface area contributed by atoms with E-state index in [0.29, 0.717) is 11.7 Å². The third kappa shape index (κ3) is 2.26. The van der Waals surface area contributed by atoms with Gasteiger partial charge in [-0.15, -0.1) is 0 Å². The van der Waals surface area contributed by atoms with E-state index in [0.717, 1.165) is 23.2 Å². The molecule has 1 heterocycles. The number of nitrogens with one attached hydrogen (secondary N) is 1. The molecule has 106 valence electrons. The van der Waals surface area contributed by atoms with Crippen LogP contribution in [0.5, 0.6) is 5.75 Å². The molecule has 1 aliphatic carbocycles. The van der Waals surface area contributed by atoms with Crippen molar-refractivity contribution in [2.75, 3.05) is 7.11 Å². The van der Waals surface area contributed by atoms with E-state index in [4.69, 9.17) is 9.15 Å². The first-order valence-corrected chi connectivity index (χ1v) is 6.97. The molecule has 2 aromatic rings. The Balaban J connectivity index is 1.81. The lowest BCUT2D eigenvalue weighted by atomic mass is 10.2. The standard InChI is InChI=1S/C16H19NO3/c1-9-7-12(9)16(18)17-10(2)14-8-11-5-4-6-13(19-3)15(11)20-14/h4-6,8-10,12H,7H2,1-3H3,(H,17,18)/t9-,10-,12-/m0/s1. The van der Waals surface area contributed by atoms with Gasteiger partial charge in [-0.1, -0.05) is 19.1 Å². The molecular weight excluding hydrogens is 254 g/mol. The first kappa shape index (κ1) is 13.0. The Morgan fingerprint density at radius 1 is 1.50 bits per heavy atom. The summed E-state index contributed by atoms with van der Waals surface area (Å²) in [7, 11) is 1.62. The molecule has 4 nitrogen and oxygen atoms in total. The second kappa shape index (κ2) is 4.85. The first-order valence-electron chi connectivity index (χ1n) is 6.97. The number of amides is 1. The minimum atomic E-state index is -0.132. The lowest BCUT2D eigenvalue weighted by Gasteiger charge is -2.10. The fourth-order valence-corrected chi connectivity index (χ4v) is 2.51. The molecule has 1 aromatic heterocycles. The molecule has 1 amide bonds. The summed E-state index contributed by atoms with van der Waals surface area (Å²) >= 11 is 0. The quantitative estimate of drug-likeness (QED) is 0.930. The number of furan rings is 1. The normalized spacial score (nSPS) is 22.6. The molecule has 1 fully saturated rings. The first-order chi connectivity index (χ1) is 9.60. The van der Waals surface area contributed by atoms with Crippen molar-refractivity contribution >= 4 is 16.9 Å². The minimum absolute atomic E-state index is 0.123. The predicted octanol–water partition coefficient (Wildman–Crippen LogP) is 3.27. The summed E-state index contributed by atoms with van der Waals surface area (Å²) in [5, 5.41) is 4.00. The molecule has 0 bridgehead atoms. The minimum Gasteiger partial charge on any atom is -0.493 e. The second-order valence-corrected chi connectivity index (χ2v) is 5.58. The fraction of sp³-hybridized carbons (Fsp3) is 0.438. The van der Waals surface area contributed by atoms with Gasteiger partial charge in [-0.25, -0.2) is 0 Å². The zero-order valence-corrected chi connectivity index (χ0v) is 12.0. The highest BCUT2D eigenvalue weighted by molar-refractivity contribution is 5.84. The number of hydrogen-bond donors (Lipinski definition) is 1. The van der Waals surface area contributed by atoms with Gasteiger partial charge >= 0.3 is 0 Å². The Labute approximate surface area is 118 Å². The molecule has 20 heavy (non-hydrogen) atoms. The van der Waals surface area contributed by atoms with Gasteiger partial charge in [-0.3, -0.25) is 4.79 Å². The van der Waals surface area contributed by atoms with Gasteiger partial charge in [0.1, 0.15) is 5.76 Å². The largest absolute Gasteiger partial charge is 0.493 e. The van der Waals surface area contributed by atoms with Crippen molar-refractivity contribution in [1.29, 1.82) is 0 Å². The molecule has 3 rings (SSSR count). The maximum Gasteiger partial charge on any atom is 0.223 e. The van der Waals surface area contributed by atoms with Crippen LogP contribution in [0, 0.1) is 11.8 Å². The Hall–Kier alpha value is -1.97. The molecule has 0 spiro atoms. The molecule has 4 heteroatoms. The molecule has 1 N–H and O–H groups in total. The van der Waals surface area contributed by atoms with Crippen molar-refractivity contribution < 1.29 is 13.9 Å². The Morgan fingerprint density at radius 3 is 2.90 bits per heavy atom. The summed E-state index contributed by atoms with van der Waals surface area (Å²) in [6, 6.07) is 7.59. The van der Waals surface area contributed by atoms with Crippen LogP contribution in [-0.4, -0.2) is 13.0 Å². The lowest BCUT2D eigenvalue weighted by molar-refractivity contribution is -0.123. The number of rotatable bonds is 4. The van der Waals surface area contributed by atoms with Gasteiger partial charge in [0.2, 0.25) is 5.91 Å². The van der Waals surface area contributed by atoms with Crippen LogP contribution in [0.1, 0.15) is 32.1 Å². The smallest absolute Gasteiger partial charge is 0.223 e. The number of methoxy groups -OCH3 is 1. The summed E-state index contributed by atoms with van der Waals surface area (Å²) in [6.45, 7) is 4.04. The summed E-state index contributed by atoms with van der Waals surface area (Å²) in [6.07, 6.45) is 0.993. The van der Waals surface area contributed by atoms with Crippen molar-refractivity contribution in [1.82, 2.24) is 5.32 Å². The van der Waals surface area contributed by atoms with Crippen molar-refractivity contribution in [3.05, 3.63) is 30.0 Å². The Kier molecular flexibility index (Phi) is 3.16. The average molecular weight is 273 g/mol. The van der Waals surface area contributed by atoms with E-state index in [9.17, 15) is 4.79 Å². The van der Waals surface area contributed by atoms with Gasteiger partial charge in [-0.2, -0.15) is 0 Å². The van der Waals surface area contributed by atoms with Gasteiger partial charge < -0.3 is 14.5 Å². The van der Waals surface area contributed by atoms with E-state index in [2.05, 4.69) is 12.2 Å². The van der Waals surface area contributed by atoms with Crippen molar-refractivity contribution in [2.45, 2.75) is 26.3 Å². The van der Waals surface area contributed by atoms with Crippen LogP contribution in [0.15, 0.2) is 28.7 Å². The highest BCUT2D eigenvalue weighted by atomic mass is 16.5. The Bertz CT molecular complexity index is 646. The number of ether oxygens (including phenoxy) is 1. The highest BCUT2D eigenvalue weighted by Gasteiger charge is 2.39. The highest BCUT2D eigenvalue weighted by Crippen LogP contribution is 2.38. The summed E-state index contributed by atoms with van der Waals surface area (Å²) in [4.78, 5) is 12.0. The van der Waals surface area contributed by atoms with Crippen LogP contribution in [-0.2, 0) is 4.79 Å². The van der Waals surface area contributed by atoms with E-state index in [1.54, 1.807) is 7.11 Å². The van der Waals surface area contributed by atoms with Crippen LogP contribution >= 0.6 is 0 Å².